The average Bonchev–Trinajstić information content (AvgIpc) is 3.29. The molecule has 3 N–H and O–H groups in total. The van der Waals surface area contributed by atoms with Crippen LogP contribution in [0.2, 0.25) is 5.02 Å². The highest BCUT2D eigenvalue weighted by Crippen LogP contribution is 2.33. The van der Waals surface area contributed by atoms with Gasteiger partial charge in [-0.3, -0.25) is 4.79 Å². The highest BCUT2D eigenvalue weighted by Gasteiger charge is 2.36. The van der Waals surface area contributed by atoms with Gasteiger partial charge in [0.1, 0.15) is 16.6 Å². The Kier molecular flexibility index (Phi) is 7.35. The summed E-state index contributed by atoms with van der Waals surface area (Å²) in [4.78, 5) is 16.6. The lowest BCUT2D eigenvalue weighted by Gasteiger charge is -2.13. The molecule has 10 heteroatoms. The molecule has 1 amide bonds. The molecular weight excluding hydrogens is 478 g/mol. The van der Waals surface area contributed by atoms with E-state index in [-0.39, 0.29) is 5.82 Å². The summed E-state index contributed by atoms with van der Waals surface area (Å²) < 4.78 is 53.5. The summed E-state index contributed by atoms with van der Waals surface area (Å²) >= 11 is 7.76. The van der Waals surface area contributed by atoms with Crippen molar-refractivity contribution in [2.24, 2.45) is 5.73 Å². The van der Waals surface area contributed by atoms with Crippen LogP contribution < -0.4 is 11.1 Å². The number of nitrogens with zero attached hydrogens (tertiary/aromatic N) is 1. The highest BCUT2D eigenvalue weighted by molar-refractivity contribution is 7.13. The van der Waals surface area contributed by atoms with Gasteiger partial charge in [-0.2, -0.15) is 13.2 Å². The van der Waals surface area contributed by atoms with Crippen molar-refractivity contribution in [3.8, 4) is 10.6 Å². The maximum absolute atomic E-state index is 14.0. The van der Waals surface area contributed by atoms with Crippen LogP contribution in [0.25, 0.3) is 16.1 Å². The van der Waals surface area contributed by atoms with Crippen LogP contribution in [-0.2, 0) is 6.18 Å². The van der Waals surface area contributed by atoms with E-state index in [1.807, 2.05) is 11.4 Å². The lowest BCUT2D eigenvalue weighted by Crippen LogP contribution is -2.30. The van der Waals surface area contributed by atoms with E-state index >= 15 is 0 Å². The molecule has 3 aromatic rings. The maximum atomic E-state index is 14.0. The van der Waals surface area contributed by atoms with E-state index in [1.54, 1.807) is 18.3 Å². The molecule has 0 bridgehead atoms. The van der Waals surface area contributed by atoms with Crippen LogP contribution in [-0.4, -0.2) is 10.9 Å². The first kappa shape index (κ1) is 24.2. The Morgan fingerprint density at radius 3 is 2.61 bits per heavy atom. The summed E-state index contributed by atoms with van der Waals surface area (Å²) in [5, 5.41) is 5.10. The Morgan fingerprint density at radius 1 is 1.21 bits per heavy atom. The molecule has 0 aliphatic carbocycles. The molecule has 0 fully saturated rings. The molecule has 1 aromatic heterocycles. The number of benzene rings is 2. The Bertz CT molecular complexity index is 1250. The van der Waals surface area contributed by atoms with Gasteiger partial charge in [-0.05, 0) is 35.9 Å². The van der Waals surface area contributed by atoms with E-state index in [0.29, 0.717) is 22.2 Å². The van der Waals surface area contributed by atoms with Gasteiger partial charge in [0, 0.05) is 27.7 Å². The number of carbonyl (C=O) groups is 1. The normalized spacial score (nSPS) is 12.5. The van der Waals surface area contributed by atoms with Crippen molar-refractivity contribution >= 4 is 34.4 Å². The molecule has 0 radical (unpaired) electrons. The summed E-state index contributed by atoms with van der Waals surface area (Å²) in [6.07, 6.45) is 0.973. The predicted molar refractivity (Wildman–Crippen MR) is 122 cm³/mol. The number of hydrogen-bond donors (Lipinski definition) is 2. The molecule has 1 heterocycles. The fourth-order valence-electron chi connectivity index (χ4n) is 2.92. The van der Waals surface area contributed by atoms with E-state index in [0.717, 1.165) is 22.7 Å². The largest absolute Gasteiger partial charge is 0.417 e. The highest BCUT2D eigenvalue weighted by atomic mass is 35.5. The Labute approximate surface area is 195 Å². The molecular formula is C23H16ClF4N3OS. The van der Waals surface area contributed by atoms with Crippen molar-refractivity contribution in [3.05, 3.63) is 106 Å². The van der Waals surface area contributed by atoms with Gasteiger partial charge in [0.15, 0.2) is 0 Å². The van der Waals surface area contributed by atoms with E-state index < -0.39 is 29.0 Å². The van der Waals surface area contributed by atoms with Crippen LogP contribution in [0.15, 0.2) is 78.6 Å². The van der Waals surface area contributed by atoms with Crippen molar-refractivity contribution < 1.29 is 22.4 Å². The number of carbonyl (C=O) groups excluding carboxylic acids is 1. The number of allylic oxidation sites excluding steroid dienone is 4. The molecule has 0 spiro atoms. The quantitative estimate of drug-likeness (QED) is 0.307. The number of amides is 1. The minimum absolute atomic E-state index is 0.303. The summed E-state index contributed by atoms with van der Waals surface area (Å²) in [6.45, 7) is 3.74. The predicted octanol–water partition coefficient (Wildman–Crippen LogP) is 6.42. The number of alkyl halides is 3. The molecule has 2 aromatic carbocycles. The second-order valence-electron chi connectivity index (χ2n) is 6.59. The number of hydrogen-bond acceptors (Lipinski definition) is 4. The second kappa shape index (κ2) is 10.0. The van der Waals surface area contributed by atoms with Gasteiger partial charge in [0.05, 0.1) is 11.1 Å². The van der Waals surface area contributed by atoms with Crippen molar-refractivity contribution in [1.29, 1.82) is 0 Å². The molecule has 4 nitrogen and oxygen atoms in total. The zero-order valence-corrected chi connectivity index (χ0v) is 18.4. The fourth-order valence-corrected chi connectivity index (χ4v) is 3.78. The first-order chi connectivity index (χ1) is 15.6. The molecule has 0 aliphatic heterocycles. The third-order valence-corrected chi connectivity index (χ3v) is 5.57. The lowest BCUT2D eigenvalue weighted by molar-refractivity contribution is -0.138. The third-order valence-electron chi connectivity index (χ3n) is 4.42. The molecule has 0 atom stereocenters. The van der Waals surface area contributed by atoms with Crippen LogP contribution in [0.1, 0.15) is 21.5 Å². The first-order valence-corrected chi connectivity index (χ1v) is 10.5. The molecule has 0 unspecified atom stereocenters. The van der Waals surface area contributed by atoms with Gasteiger partial charge in [-0.1, -0.05) is 42.5 Å². The van der Waals surface area contributed by atoms with Crippen LogP contribution in [0.5, 0.6) is 0 Å². The number of halogens is 5. The Balaban J connectivity index is 1.89. The van der Waals surface area contributed by atoms with Crippen LogP contribution in [0, 0.1) is 5.82 Å². The van der Waals surface area contributed by atoms with Gasteiger partial charge in [-0.15, -0.1) is 11.3 Å². The number of rotatable bonds is 6. The molecule has 3 rings (SSSR count). The van der Waals surface area contributed by atoms with Crippen molar-refractivity contribution in [2.45, 2.75) is 6.18 Å². The summed E-state index contributed by atoms with van der Waals surface area (Å²) in [5.74, 6) is -2.95. The van der Waals surface area contributed by atoms with Crippen LogP contribution in [0.3, 0.4) is 0 Å². The number of thiazole rings is 1. The number of nitrogens with two attached hydrogens (primary N) is 1. The van der Waals surface area contributed by atoms with E-state index in [2.05, 4.69) is 16.9 Å². The van der Waals surface area contributed by atoms with Crippen LogP contribution >= 0.6 is 22.9 Å². The van der Waals surface area contributed by atoms with Crippen molar-refractivity contribution in [1.82, 2.24) is 10.3 Å². The topological polar surface area (TPSA) is 68.0 Å². The van der Waals surface area contributed by atoms with E-state index in [9.17, 15) is 22.4 Å². The summed E-state index contributed by atoms with van der Waals surface area (Å²) in [5.41, 5.74) is 5.15. The summed E-state index contributed by atoms with van der Waals surface area (Å²) in [7, 11) is 0. The molecule has 33 heavy (non-hydrogen) atoms. The van der Waals surface area contributed by atoms with Crippen molar-refractivity contribution in [2.75, 3.05) is 0 Å². The maximum Gasteiger partial charge on any atom is 0.417 e. The van der Waals surface area contributed by atoms with E-state index in [4.69, 9.17) is 17.3 Å². The molecule has 0 aliphatic rings. The number of nitrogens with one attached hydrogen (secondary N) is 1. The second-order valence-corrected chi connectivity index (χ2v) is 7.90. The Hall–Kier alpha value is -3.43. The smallest absolute Gasteiger partial charge is 0.385 e. The minimum atomic E-state index is -4.91. The molecule has 170 valence electrons. The molecule has 0 saturated carbocycles. The first-order valence-electron chi connectivity index (χ1n) is 9.28. The van der Waals surface area contributed by atoms with Crippen molar-refractivity contribution in [3.63, 3.8) is 0 Å². The van der Waals surface area contributed by atoms with Crippen LogP contribution in [0.4, 0.5) is 17.6 Å². The summed E-state index contributed by atoms with van der Waals surface area (Å²) in [6, 6.07) is 7.55. The standard InChI is InChI=1S/C23H16ClF4N3OS/c1-2-13(15-12-14(6-8-17(15)24)22-30-10-11-33-22)7-9-19(29)31-21(32)20-16(23(26,27)28)4-3-5-18(20)25/h2-12H,1,29H2,(H,31,32)/b13-7+,19-9+. The van der Waals surface area contributed by atoms with Gasteiger partial charge in [0.2, 0.25) is 0 Å². The SMILES string of the molecule is C=C/C(=C\C=C(/N)NC(=O)c1c(F)cccc1C(F)(F)F)c1cc(-c2nccs2)ccc1Cl. The minimum Gasteiger partial charge on any atom is -0.385 e. The van der Waals surface area contributed by atoms with Gasteiger partial charge in [-0.25, -0.2) is 9.37 Å². The monoisotopic (exact) mass is 493 g/mol. The average molecular weight is 494 g/mol. The lowest BCUT2D eigenvalue weighted by atomic mass is 10.0. The van der Waals surface area contributed by atoms with Gasteiger partial charge < -0.3 is 11.1 Å². The zero-order valence-electron chi connectivity index (χ0n) is 16.8. The zero-order chi connectivity index (χ0) is 24.2. The fraction of sp³-hybridized carbons (Fsp3) is 0.0435. The van der Waals surface area contributed by atoms with E-state index in [1.165, 1.54) is 29.6 Å². The Morgan fingerprint density at radius 2 is 1.97 bits per heavy atom. The number of aromatic nitrogens is 1. The van der Waals surface area contributed by atoms with Gasteiger partial charge in [0.25, 0.3) is 5.91 Å². The third kappa shape index (κ3) is 5.68. The molecule has 0 saturated heterocycles. The van der Waals surface area contributed by atoms with Gasteiger partial charge >= 0.3 is 6.18 Å².